The van der Waals surface area contributed by atoms with E-state index in [1.165, 1.54) is 12.7 Å². The minimum absolute atomic E-state index is 0.357. The average molecular weight is 235 g/mol. The summed E-state index contributed by atoms with van der Waals surface area (Å²) in [4.78, 5) is 13.1. The van der Waals surface area contributed by atoms with Gasteiger partial charge in [-0.25, -0.2) is 4.79 Å². The third-order valence-electron chi connectivity index (χ3n) is 3.13. The van der Waals surface area contributed by atoms with E-state index in [-0.39, 0.29) is 0 Å². The maximum absolute atomic E-state index is 11.0. The number of benzene rings is 1. The summed E-state index contributed by atoms with van der Waals surface area (Å²) in [5.41, 5.74) is 1.32. The number of methoxy groups -OCH3 is 1. The van der Waals surface area contributed by atoms with Crippen molar-refractivity contribution in [1.82, 2.24) is 4.90 Å². The number of carbonyl (C=O) groups excluding carboxylic acids is 1. The number of aliphatic hydroxyl groups excluding tert-OH is 1. The molecule has 0 saturated carbocycles. The van der Waals surface area contributed by atoms with Gasteiger partial charge in [-0.15, -0.1) is 0 Å². The van der Waals surface area contributed by atoms with Gasteiger partial charge in [-0.2, -0.15) is 0 Å². The number of hydrogen-bond acceptors (Lipinski definition) is 4. The summed E-state index contributed by atoms with van der Waals surface area (Å²) in [6.45, 7) is 2.13. The van der Waals surface area contributed by atoms with Crippen molar-refractivity contribution in [3.8, 4) is 0 Å². The Bertz CT molecular complexity index is 374. The molecule has 92 valence electrons. The minimum Gasteiger partial charge on any atom is -0.467 e. The highest BCUT2D eigenvalue weighted by atomic mass is 16.5. The second-order valence-electron chi connectivity index (χ2n) is 4.37. The smallest absolute Gasteiger partial charge is 0.336 e. The fourth-order valence-electron chi connectivity index (χ4n) is 2.11. The first-order valence-corrected chi connectivity index (χ1v) is 5.74. The van der Waals surface area contributed by atoms with Crippen molar-refractivity contribution in [1.29, 1.82) is 0 Å². The van der Waals surface area contributed by atoms with Crippen LogP contribution in [0.2, 0.25) is 0 Å². The van der Waals surface area contributed by atoms with Gasteiger partial charge in [-0.05, 0) is 5.56 Å². The molecule has 17 heavy (non-hydrogen) atoms. The number of hydrogen-bond donors (Lipinski definition) is 1. The SMILES string of the molecule is COC(=O)C(O)CN1CC(c2ccccc2)C1. The third kappa shape index (κ3) is 2.84. The number of β-amino-alcohol motifs (C(OH)–C–C–N with tert-alkyl or cyclic N) is 1. The van der Waals surface area contributed by atoms with Gasteiger partial charge < -0.3 is 9.84 Å². The molecule has 0 spiro atoms. The van der Waals surface area contributed by atoms with Crippen LogP contribution in [-0.2, 0) is 9.53 Å². The van der Waals surface area contributed by atoms with E-state index in [1.807, 2.05) is 18.2 Å². The zero-order chi connectivity index (χ0) is 12.3. The Labute approximate surface area is 101 Å². The van der Waals surface area contributed by atoms with Gasteiger partial charge in [-0.1, -0.05) is 30.3 Å². The van der Waals surface area contributed by atoms with Crippen molar-refractivity contribution in [3.05, 3.63) is 35.9 Å². The summed E-state index contributed by atoms with van der Waals surface area (Å²) in [5, 5.41) is 9.49. The fourth-order valence-corrected chi connectivity index (χ4v) is 2.11. The Kier molecular flexibility index (Phi) is 3.76. The van der Waals surface area contributed by atoms with E-state index >= 15 is 0 Å². The molecule has 1 N–H and O–H groups in total. The number of aliphatic hydroxyl groups is 1. The van der Waals surface area contributed by atoms with E-state index in [4.69, 9.17) is 0 Å². The summed E-state index contributed by atoms with van der Waals surface area (Å²) in [6.07, 6.45) is -1.03. The number of ether oxygens (including phenoxy) is 1. The molecule has 0 bridgehead atoms. The third-order valence-corrected chi connectivity index (χ3v) is 3.13. The van der Waals surface area contributed by atoms with Crippen LogP contribution in [0.1, 0.15) is 11.5 Å². The van der Waals surface area contributed by atoms with E-state index < -0.39 is 12.1 Å². The van der Waals surface area contributed by atoms with Gasteiger partial charge in [0.1, 0.15) is 0 Å². The van der Waals surface area contributed by atoms with Crippen molar-refractivity contribution in [3.63, 3.8) is 0 Å². The van der Waals surface area contributed by atoms with Gasteiger partial charge in [0.05, 0.1) is 7.11 Å². The highest BCUT2D eigenvalue weighted by Crippen LogP contribution is 2.26. The van der Waals surface area contributed by atoms with Crippen molar-refractivity contribution in [2.75, 3.05) is 26.7 Å². The van der Waals surface area contributed by atoms with Gasteiger partial charge in [0.2, 0.25) is 0 Å². The monoisotopic (exact) mass is 235 g/mol. The molecule has 1 aromatic carbocycles. The van der Waals surface area contributed by atoms with Crippen LogP contribution in [0.5, 0.6) is 0 Å². The molecule has 4 nitrogen and oxygen atoms in total. The first kappa shape index (κ1) is 12.1. The lowest BCUT2D eigenvalue weighted by Gasteiger charge is -2.40. The molecule has 1 heterocycles. The molecule has 1 aliphatic heterocycles. The predicted octanol–water partition coefficient (Wildman–Crippen LogP) is 0.620. The zero-order valence-electron chi connectivity index (χ0n) is 9.87. The molecule has 1 unspecified atom stereocenters. The van der Waals surface area contributed by atoms with Gasteiger partial charge >= 0.3 is 5.97 Å². The molecule has 0 aliphatic carbocycles. The highest BCUT2D eigenvalue weighted by Gasteiger charge is 2.31. The van der Waals surface area contributed by atoms with Gasteiger partial charge in [0.15, 0.2) is 6.10 Å². The molecule has 1 saturated heterocycles. The molecule has 1 atom stereocenters. The number of likely N-dealkylation sites (tertiary alicyclic amines) is 1. The first-order valence-electron chi connectivity index (χ1n) is 5.74. The van der Waals surface area contributed by atoms with E-state index in [0.29, 0.717) is 12.5 Å². The number of rotatable bonds is 4. The van der Waals surface area contributed by atoms with Crippen LogP contribution in [0.3, 0.4) is 0 Å². The summed E-state index contributed by atoms with van der Waals surface area (Å²) >= 11 is 0. The van der Waals surface area contributed by atoms with Crippen LogP contribution in [0.15, 0.2) is 30.3 Å². The topological polar surface area (TPSA) is 49.8 Å². The Morgan fingerprint density at radius 2 is 2.12 bits per heavy atom. The second-order valence-corrected chi connectivity index (χ2v) is 4.37. The van der Waals surface area contributed by atoms with Crippen molar-refractivity contribution < 1.29 is 14.6 Å². The number of esters is 1. The maximum atomic E-state index is 11.0. The lowest BCUT2D eigenvalue weighted by Crippen LogP contribution is -2.49. The lowest BCUT2D eigenvalue weighted by atomic mass is 9.91. The molecule has 0 radical (unpaired) electrons. The standard InChI is InChI=1S/C13H17NO3/c1-17-13(16)12(15)9-14-7-11(8-14)10-5-3-2-4-6-10/h2-6,11-12,15H,7-9H2,1H3. The molecule has 2 rings (SSSR count). The lowest BCUT2D eigenvalue weighted by molar-refractivity contribution is -0.152. The molecule has 1 fully saturated rings. The molecule has 4 heteroatoms. The number of nitrogens with zero attached hydrogens (tertiary/aromatic N) is 1. The van der Waals surface area contributed by atoms with Crippen molar-refractivity contribution in [2.24, 2.45) is 0 Å². The van der Waals surface area contributed by atoms with E-state index in [1.54, 1.807) is 0 Å². The molecule has 1 aromatic rings. The quantitative estimate of drug-likeness (QED) is 0.777. The minimum atomic E-state index is -1.03. The van der Waals surface area contributed by atoms with Crippen molar-refractivity contribution >= 4 is 5.97 Å². The molecular formula is C13H17NO3. The normalized spacial score (nSPS) is 18.5. The van der Waals surface area contributed by atoms with E-state index in [2.05, 4.69) is 21.8 Å². The highest BCUT2D eigenvalue weighted by molar-refractivity contribution is 5.74. The number of carbonyl (C=O) groups is 1. The van der Waals surface area contributed by atoms with Gasteiger partial charge in [0, 0.05) is 25.6 Å². The summed E-state index contributed by atoms with van der Waals surface area (Å²) in [5.74, 6) is -0.0470. The molecule has 1 aliphatic rings. The molecular weight excluding hydrogens is 218 g/mol. The van der Waals surface area contributed by atoms with Crippen LogP contribution < -0.4 is 0 Å². The summed E-state index contributed by atoms with van der Waals surface area (Å²) in [7, 11) is 1.29. The van der Waals surface area contributed by atoms with Crippen LogP contribution in [0.4, 0.5) is 0 Å². The summed E-state index contributed by atoms with van der Waals surface area (Å²) in [6, 6.07) is 10.3. The van der Waals surface area contributed by atoms with E-state index in [0.717, 1.165) is 13.1 Å². The molecule has 0 amide bonds. The Balaban J connectivity index is 1.78. The Morgan fingerprint density at radius 1 is 1.47 bits per heavy atom. The van der Waals surface area contributed by atoms with E-state index in [9.17, 15) is 9.90 Å². The van der Waals surface area contributed by atoms with Gasteiger partial charge in [0.25, 0.3) is 0 Å². The second kappa shape index (κ2) is 5.29. The van der Waals surface area contributed by atoms with Crippen LogP contribution >= 0.6 is 0 Å². The average Bonchev–Trinajstić information content (AvgIpc) is 2.33. The Hall–Kier alpha value is -1.39. The predicted molar refractivity (Wildman–Crippen MR) is 63.6 cm³/mol. The van der Waals surface area contributed by atoms with Crippen LogP contribution in [0, 0.1) is 0 Å². The van der Waals surface area contributed by atoms with Crippen LogP contribution in [0.25, 0.3) is 0 Å². The largest absolute Gasteiger partial charge is 0.467 e. The maximum Gasteiger partial charge on any atom is 0.336 e. The van der Waals surface area contributed by atoms with Crippen LogP contribution in [-0.4, -0.2) is 48.8 Å². The fraction of sp³-hybridized carbons (Fsp3) is 0.462. The van der Waals surface area contributed by atoms with Crippen molar-refractivity contribution in [2.45, 2.75) is 12.0 Å². The zero-order valence-corrected chi connectivity index (χ0v) is 9.87. The molecule has 0 aromatic heterocycles. The summed E-state index contributed by atoms with van der Waals surface area (Å²) < 4.78 is 4.48. The van der Waals surface area contributed by atoms with Gasteiger partial charge in [-0.3, -0.25) is 4.90 Å². The first-order chi connectivity index (χ1) is 8.20. The Morgan fingerprint density at radius 3 is 2.71 bits per heavy atom.